The standard InChI is InChI=1S/C7H5F2NO2/c8-10(9)5-1-2-6-7(3-5)12-4-11-6/h1-3H,4H2. The Kier molecular flexibility index (Phi) is 1.49. The first-order chi connectivity index (χ1) is 5.77. The molecule has 12 heavy (non-hydrogen) atoms. The fourth-order valence-corrected chi connectivity index (χ4v) is 0.990. The summed E-state index contributed by atoms with van der Waals surface area (Å²) in [5.41, 5.74) is -0.209. The van der Waals surface area contributed by atoms with Crippen LogP contribution < -0.4 is 14.8 Å². The van der Waals surface area contributed by atoms with Gasteiger partial charge >= 0.3 is 0 Å². The molecule has 0 amide bonds. The van der Waals surface area contributed by atoms with E-state index in [0.717, 1.165) is 0 Å². The third-order valence-electron chi connectivity index (χ3n) is 1.55. The zero-order chi connectivity index (χ0) is 8.55. The van der Waals surface area contributed by atoms with Crippen LogP contribution in [0.1, 0.15) is 0 Å². The second-order valence-electron chi connectivity index (χ2n) is 2.27. The highest BCUT2D eigenvalue weighted by Crippen LogP contribution is 2.35. The van der Waals surface area contributed by atoms with Gasteiger partial charge in [-0.3, -0.25) is 0 Å². The minimum atomic E-state index is -0.970. The summed E-state index contributed by atoms with van der Waals surface area (Å²) in [6.07, 6.45) is 0. The van der Waals surface area contributed by atoms with Gasteiger partial charge in [-0.1, -0.05) is 8.96 Å². The van der Waals surface area contributed by atoms with Crippen molar-refractivity contribution in [2.45, 2.75) is 0 Å². The second kappa shape index (κ2) is 2.51. The van der Waals surface area contributed by atoms with Gasteiger partial charge in [0.1, 0.15) is 5.69 Å². The normalized spacial score (nSPS) is 13.2. The Morgan fingerprint density at radius 1 is 1.17 bits per heavy atom. The Balaban J connectivity index is 2.39. The van der Waals surface area contributed by atoms with Gasteiger partial charge in [0.15, 0.2) is 11.5 Å². The van der Waals surface area contributed by atoms with E-state index < -0.39 is 5.34 Å². The van der Waals surface area contributed by atoms with Crippen molar-refractivity contribution in [3.63, 3.8) is 0 Å². The zero-order valence-corrected chi connectivity index (χ0v) is 5.96. The van der Waals surface area contributed by atoms with E-state index in [1.807, 2.05) is 0 Å². The van der Waals surface area contributed by atoms with Crippen molar-refractivity contribution < 1.29 is 18.4 Å². The molecule has 3 nitrogen and oxygen atoms in total. The lowest BCUT2D eigenvalue weighted by molar-refractivity contribution is 0.173. The van der Waals surface area contributed by atoms with Crippen LogP contribution in [0.3, 0.4) is 0 Å². The van der Waals surface area contributed by atoms with Gasteiger partial charge in [-0.2, -0.15) is 0 Å². The molecule has 5 heteroatoms. The van der Waals surface area contributed by atoms with Crippen molar-refractivity contribution in [3.8, 4) is 11.5 Å². The van der Waals surface area contributed by atoms with Gasteiger partial charge in [0.05, 0.1) is 0 Å². The number of nitrogens with zero attached hydrogens (tertiary/aromatic N) is 1. The zero-order valence-electron chi connectivity index (χ0n) is 5.96. The molecule has 0 aromatic heterocycles. The molecule has 1 aromatic rings. The van der Waals surface area contributed by atoms with E-state index in [4.69, 9.17) is 9.47 Å². The molecule has 64 valence electrons. The van der Waals surface area contributed by atoms with Crippen molar-refractivity contribution >= 4 is 5.69 Å². The average molecular weight is 173 g/mol. The number of ether oxygens (including phenoxy) is 2. The number of anilines is 1. The maximum absolute atomic E-state index is 12.0. The van der Waals surface area contributed by atoms with E-state index in [1.165, 1.54) is 18.2 Å². The number of hydrogen-bond acceptors (Lipinski definition) is 3. The number of fused-ring (bicyclic) bond motifs is 1. The predicted molar refractivity (Wildman–Crippen MR) is 37.3 cm³/mol. The summed E-state index contributed by atoms with van der Waals surface area (Å²) in [6, 6.07) is 3.93. The molecule has 0 unspecified atom stereocenters. The number of benzene rings is 1. The van der Waals surface area contributed by atoms with Gasteiger partial charge in [-0.15, -0.1) is 0 Å². The summed E-state index contributed by atoms with van der Waals surface area (Å²) < 4.78 is 33.8. The van der Waals surface area contributed by atoms with Crippen molar-refractivity contribution in [2.24, 2.45) is 0 Å². The smallest absolute Gasteiger partial charge is 0.231 e. The van der Waals surface area contributed by atoms with Crippen molar-refractivity contribution in [1.29, 1.82) is 0 Å². The molecule has 0 spiro atoms. The highest BCUT2D eigenvalue weighted by atomic mass is 19.4. The molecule has 2 rings (SSSR count). The highest BCUT2D eigenvalue weighted by molar-refractivity contribution is 5.54. The number of hydrogen-bond donors (Lipinski definition) is 0. The quantitative estimate of drug-likeness (QED) is 0.606. The molecule has 1 aliphatic heterocycles. The molecule has 0 saturated heterocycles. The molecule has 1 aliphatic rings. The van der Waals surface area contributed by atoms with Crippen LogP contribution in [0.15, 0.2) is 18.2 Å². The SMILES string of the molecule is FN(F)c1ccc2c(c1)OCO2. The summed E-state index contributed by atoms with van der Waals surface area (Å²) in [7, 11) is 0. The van der Waals surface area contributed by atoms with Crippen molar-refractivity contribution in [2.75, 3.05) is 12.1 Å². The van der Waals surface area contributed by atoms with Gasteiger partial charge in [0, 0.05) is 6.07 Å². The number of halogens is 2. The first-order valence-electron chi connectivity index (χ1n) is 3.29. The van der Waals surface area contributed by atoms with Gasteiger partial charge in [-0.25, -0.2) is 0 Å². The molecule has 0 atom stereocenters. The summed E-state index contributed by atoms with van der Waals surface area (Å²) in [6.45, 7) is 0.0946. The van der Waals surface area contributed by atoms with Crippen LogP contribution in [0.2, 0.25) is 0 Å². The Morgan fingerprint density at radius 3 is 2.67 bits per heavy atom. The third-order valence-corrected chi connectivity index (χ3v) is 1.55. The first-order valence-corrected chi connectivity index (χ1v) is 3.29. The van der Waals surface area contributed by atoms with E-state index in [9.17, 15) is 8.96 Å². The fraction of sp³-hybridized carbons (Fsp3) is 0.143. The summed E-state index contributed by atoms with van der Waals surface area (Å²) in [5.74, 6) is 0.855. The first kappa shape index (κ1) is 7.15. The Morgan fingerprint density at radius 2 is 1.92 bits per heavy atom. The third kappa shape index (κ3) is 1.03. The average Bonchev–Trinajstić information content (AvgIpc) is 2.49. The predicted octanol–water partition coefficient (Wildman–Crippen LogP) is 1.99. The minimum Gasteiger partial charge on any atom is -0.454 e. The lowest BCUT2D eigenvalue weighted by Gasteiger charge is -2.01. The molecule has 0 saturated carbocycles. The molecule has 1 aromatic carbocycles. The van der Waals surface area contributed by atoms with E-state index in [-0.39, 0.29) is 12.5 Å². The Labute approximate surface area is 67.0 Å². The molecular formula is C7H5F2NO2. The molecule has 0 radical (unpaired) electrons. The van der Waals surface area contributed by atoms with Gasteiger partial charge < -0.3 is 9.47 Å². The fourth-order valence-electron chi connectivity index (χ4n) is 0.990. The monoisotopic (exact) mass is 173 g/mol. The lowest BCUT2D eigenvalue weighted by Crippen LogP contribution is -1.95. The Bertz CT molecular complexity index is 303. The van der Waals surface area contributed by atoms with Crippen molar-refractivity contribution in [1.82, 2.24) is 0 Å². The summed E-state index contributed by atoms with van der Waals surface area (Å²) in [4.78, 5) is 0. The molecule has 0 fully saturated rings. The van der Waals surface area contributed by atoms with E-state index in [0.29, 0.717) is 11.5 Å². The van der Waals surface area contributed by atoms with Crippen LogP contribution in [0.5, 0.6) is 11.5 Å². The van der Waals surface area contributed by atoms with Crippen LogP contribution in [0.4, 0.5) is 14.6 Å². The van der Waals surface area contributed by atoms with Crippen LogP contribution >= 0.6 is 0 Å². The van der Waals surface area contributed by atoms with Crippen LogP contribution in [0.25, 0.3) is 0 Å². The largest absolute Gasteiger partial charge is 0.454 e. The molecular weight excluding hydrogens is 168 g/mol. The van der Waals surface area contributed by atoms with E-state index >= 15 is 0 Å². The van der Waals surface area contributed by atoms with Gasteiger partial charge in [-0.05, 0) is 17.5 Å². The lowest BCUT2D eigenvalue weighted by atomic mass is 10.3. The number of rotatable bonds is 1. The van der Waals surface area contributed by atoms with Gasteiger partial charge in [0.2, 0.25) is 6.79 Å². The topological polar surface area (TPSA) is 21.7 Å². The summed E-state index contributed by atoms with van der Waals surface area (Å²) in [5, 5.41) is -0.970. The summed E-state index contributed by atoms with van der Waals surface area (Å²) >= 11 is 0. The van der Waals surface area contributed by atoms with Crippen molar-refractivity contribution in [3.05, 3.63) is 18.2 Å². The van der Waals surface area contributed by atoms with Gasteiger partial charge in [0.25, 0.3) is 0 Å². The van der Waals surface area contributed by atoms with Crippen LogP contribution in [-0.4, -0.2) is 6.79 Å². The minimum absolute atomic E-state index is 0.0946. The second-order valence-corrected chi connectivity index (χ2v) is 2.27. The molecule has 0 bridgehead atoms. The Hall–Kier alpha value is -1.52. The van der Waals surface area contributed by atoms with Crippen LogP contribution in [0, 0.1) is 0 Å². The molecule has 0 N–H and O–H groups in total. The maximum Gasteiger partial charge on any atom is 0.231 e. The van der Waals surface area contributed by atoms with Crippen LogP contribution in [-0.2, 0) is 0 Å². The molecule has 1 heterocycles. The highest BCUT2D eigenvalue weighted by Gasteiger charge is 2.15. The maximum atomic E-state index is 12.0. The molecule has 0 aliphatic carbocycles. The van der Waals surface area contributed by atoms with E-state index in [1.54, 1.807) is 0 Å². The van der Waals surface area contributed by atoms with E-state index in [2.05, 4.69) is 0 Å².